The summed E-state index contributed by atoms with van der Waals surface area (Å²) in [5.74, 6) is 1.27. The molecule has 1 aliphatic rings. The minimum atomic E-state index is 0.451. The van der Waals surface area contributed by atoms with E-state index in [4.69, 9.17) is 4.98 Å². The normalized spacial score (nSPS) is 18.0. The lowest BCUT2D eigenvalue weighted by Crippen LogP contribution is -2.21. The van der Waals surface area contributed by atoms with Crippen molar-refractivity contribution in [3.05, 3.63) is 42.0 Å². The highest BCUT2D eigenvalue weighted by atomic mass is 15.3. The smallest absolute Gasteiger partial charge is 0.225 e. The molecule has 1 atom stereocenters. The lowest BCUT2D eigenvalue weighted by molar-refractivity contribution is 0.738. The number of hydrogen-bond donors (Lipinski definition) is 0. The summed E-state index contributed by atoms with van der Waals surface area (Å²) >= 11 is 0. The molecule has 0 radical (unpaired) electrons. The van der Waals surface area contributed by atoms with Crippen molar-refractivity contribution in [3.8, 4) is 0 Å². The molecule has 0 bridgehead atoms. The Labute approximate surface area is 125 Å². The number of aryl methyl sites for hydroxylation is 1. The van der Waals surface area contributed by atoms with Gasteiger partial charge in [-0.05, 0) is 31.5 Å². The van der Waals surface area contributed by atoms with Crippen LogP contribution in [0.25, 0.3) is 0 Å². The Balaban J connectivity index is 1.80. The van der Waals surface area contributed by atoms with Crippen LogP contribution >= 0.6 is 0 Å². The molecule has 3 heterocycles. The van der Waals surface area contributed by atoms with Gasteiger partial charge in [0.1, 0.15) is 0 Å². The van der Waals surface area contributed by atoms with Gasteiger partial charge in [0.05, 0.1) is 0 Å². The molecule has 0 spiro atoms. The SMILES string of the molecule is Cc1cc(N(C)C)cc([C@H]2CCN(c3ncccn3)C2)n1. The van der Waals surface area contributed by atoms with Crippen LogP contribution in [0, 0.1) is 6.92 Å². The third kappa shape index (κ3) is 2.96. The first-order chi connectivity index (χ1) is 10.1. The molecule has 0 aliphatic carbocycles. The van der Waals surface area contributed by atoms with E-state index in [0.29, 0.717) is 5.92 Å². The highest BCUT2D eigenvalue weighted by Gasteiger charge is 2.26. The summed E-state index contributed by atoms with van der Waals surface area (Å²) in [6.45, 7) is 3.98. The Hall–Kier alpha value is -2.17. The van der Waals surface area contributed by atoms with Gasteiger partial charge in [-0.3, -0.25) is 4.98 Å². The van der Waals surface area contributed by atoms with E-state index in [2.05, 4.69) is 52.9 Å². The number of rotatable bonds is 3. The summed E-state index contributed by atoms with van der Waals surface area (Å²) in [6, 6.07) is 6.17. The predicted octanol–water partition coefficient (Wildman–Crippen LogP) is 2.24. The molecule has 2 aromatic rings. The quantitative estimate of drug-likeness (QED) is 0.864. The first-order valence-electron chi connectivity index (χ1n) is 7.31. The standard InChI is InChI=1S/C16H21N5/c1-12-9-14(20(2)3)10-15(19-12)13-5-8-21(11-13)16-17-6-4-7-18-16/h4,6-7,9-10,13H,5,8,11H2,1-3H3/t13-/m0/s1. The van der Waals surface area contributed by atoms with Crippen LogP contribution in [0.5, 0.6) is 0 Å². The van der Waals surface area contributed by atoms with E-state index in [1.165, 1.54) is 11.4 Å². The lowest BCUT2D eigenvalue weighted by atomic mass is 10.0. The molecule has 0 unspecified atom stereocenters. The van der Waals surface area contributed by atoms with E-state index in [1.807, 2.05) is 6.07 Å². The van der Waals surface area contributed by atoms with Crippen LogP contribution < -0.4 is 9.80 Å². The molecule has 0 saturated carbocycles. The van der Waals surface area contributed by atoms with Crippen molar-refractivity contribution in [2.24, 2.45) is 0 Å². The van der Waals surface area contributed by atoms with Gasteiger partial charge in [0.15, 0.2) is 0 Å². The summed E-state index contributed by atoms with van der Waals surface area (Å²) in [5, 5.41) is 0. The Morgan fingerprint density at radius 2 is 1.95 bits per heavy atom. The number of anilines is 2. The second-order valence-corrected chi connectivity index (χ2v) is 5.77. The third-order valence-corrected chi connectivity index (χ3v) is 3.92. The highest BCUT2D eigenvalue weighted by molar-refractivity contribution is 5.48. The largest absolute Gasteiger partial charge is 0.378 e. The van der Waals surface area contributed by atoms with Crippen LogP contribution in [0.4, 0.5) is 11.6 Å². The molecule has 5 heteroatoms. The first-order valence-corrected chi connectivity index (χ1v) is 7.31. The number of hydrogen-bond acceptors (Lipinski definition) is 5. The molecular formula is C16H21N5. The Bertz CT molecular complexity index is 611. The van der Waals surface area contributed by atoms with Gasteiger partial charge in [-0.1, -0.05) is 0 Å². The average molecular weight is 283 g/mol. The van der Waals surface area contributed by atoms with Crippen molar-refractivity contribution >= 4 is 11.6 Å². The van der Waals surface area contributed by atoms with Gasteiger partial charge in [-0.15, -0.1) is 0 Å². The fraction of sp³-hybridized carbons (Fsp3) is 0.438. The molecule has 1 saturated heterocycles. The van der Waals surface area contributed by atoms with Crippen LogP contribution in [-0.2, 0) is 0 Å². The van der Waals surface area contributed by atoms with E-state index in [1.54, 1.807) is 12.4 Å². The van der Waals surface area contributed by atoms with Crippen molar-refractivity contribution in [1.82, 2.24) is 15.0 Å². The number of nitrogens with zero attached hydrogens (tertiary/aromatic N) is 5. The Morgan fingerprint density at radius 1 is 1.19 bits per heavy atom. The summed E-state index contributed by atoms with van der Waals surface area (Å²) in [7, 11) is 4.13. The van der Waals surface area contributed by atoms with Crippen LogP contribution in [0.15, 0.2) is 30.6 Å². The zero-order chi connectivity index (χ0) is 14.8. The van der Waals surface area contributed by atoms with E-state index in [0.717, 1.165) is 31.2 Å². The highest BCUT2D eigenvalue weighted by Crippen LogP contribution is 2.30. The van der Waals surface area contributed by atoms with Crippen molar-refractivity contribution in [1.29, 1.82) is 0 Å². The van der Waals surface area contributed by atoms with Crippen LogP contribution in [-0.4, -0.2) is 42.1 Å². The van der Waals surface area contributed by atoms with Crippen LogP contribution in [0.3, 0.4) is 0 Å². The van der Waals surface area contributed by atoms with Crippen LogP contribution in [0.2, 0.25) is 0 Å². The Morgan fingerprint density at radius 3 is 2.67 bits per heavy atom. The predicted molar refractivity (Wildman–Crippen MR) is 84.9 cm³/mol. The maximum absolute atomic E-state index is 4.73. The molecule has 0 N–H and O–H groups in total. The van der Waals surface area contributed by atoms with Gasteiger partial charge in [-0.2, -0.15) is 0 Å². The van der Waals surface area contributed by atoms with Crippen molar-refractivity contribution in [3.63, 3.8) is 0 Å². The van der Waals surface area contributed by atoms with E-state index in [-0.39, 0.29) is 0 Å². The fourth-order valence-electron chi connectivity index (χ4n) is 2.78. The number of aromatic nitrogens is 3. The van der Waals surface area contributed by atoms with Crippen LogP contribution in [0.1, 0.15) is 23.7 Å². The van der Waals surface area contributed by atoms with Gasteiger partial charge in [0, 0.05) is 62.6 Å². The summed E-state index contributed by atoms with van der Waals surface area (Å²) < 4.78 is 0. The van der Waals surface area contributed by atoms with E-state index in [9.17, 15) is 0 Å². The maximum atomic E-state index is 4.73. The summed E-state index contributed by atoms with van der Waals surface area (Å²) in [6.07, 6.45) is 4.69. The molecule has 21 heavy (non-hydrogen) atoms. The molecule has 3 rings (SSSR count). The van der Waals surface area contributed by atoms with Gasteiger partial charge >= 0.3 is 0 Å². The average Bonchev–Trinajstić information content (AvgIpc) is 2.97. The zero-order valence-corrected chi connectivity index (χ0v) is 12.8. The molecule has 110 valence electrons. The van der Waals surface area contributed by atoms with E-state index >= 15 is 0 Å². The van der Waals surface area contributed by atoms with Crippen molar-refractivity contribution < 1.29 is 0 Å². The molecule has 5 nitrogen and oxygen atoms in total. The first kappa shape index (κ1) is 13.8. The van der Waals surface area contributed by atoms with Gasteiger partial charge in [0.25, 0.3) is 0 Å². The molecule has 1 fully saturated rings. The Kier molecular flexibility index (Phi) is 3.73. The lowest BCUT2D eigenvalue weighted by Gasteiger charge is -2.18. The van der Waals surface area contributed by atoms with Gasteiger partial charge in [0.2, 0.25) is 5.95 Å². The maximum Gasteiger partial charge on any atom is 0.225 e. The second kappa shape index (κ2) is 5.68. The molecular weight excluding hydrogens is 262 g/mol. The number of pyridine rings is 1. The van der Waals surface area contributed by atoms with Gasteiger partial charge < -0.3 is 9.80 Å². The monoisotopic (exact) mass is 283 g/mol. The molecule has 0 amide bonds. The van der Waals surface area contributed by atoms with Crippen molar-refractivity contribution in [2.75, 3.05) is 37.0 Å². The second-order valence-electron chi connectivity index (χ2n) is 5.77. The molecule has 0 aromatic carbocycles. The summed E-state index contributed by atoms with van der Waals surface area (Å²) in [4.78, 5) is 17.8. The zero-order valence-electron chi connectivity index (χ0n) is 12.8. The molecule has 2 aromatic heterocycles. The third-order valence-electron chi connectivity index (χ3n) is 3.92. The minimum Gasteiger partial charge on any atom is -0.378 e. The van der Waals surface area contributed by atoms with Gasteiger partial charge in [-0.25, -0.2) is 9.97 Å². The fourth-order valence-corrected chi connectivity index (χ4v) is 2.78. The molecule has 1 aliphatic heterocycles. The summed E-state index contributed by atoms with van der Waals surface area (Å²) in [5.41, 5.74) is 3.47. The topological polar surface area (TPSA) is 45.2 Å². The van der Waals surface area contributed by atoms with Crippen molar-refractivity contribution in [2.45, 2.75) is 19.3 Å². The minimum absolute atomic E-state index is 0.451. The van der Waals surface area contributed by atoms with E-state index < -0.39 is 0 Å².